The molecule has 0 aromatic carbocycles. The van der Waals surface area contributed by atoms with E-state index in [2.05, 4.69) is 51.8 Å². The first kappa shape index (κ1) is 9.28. The molecule has 0 N–H and O–H groups in total. The van der Waals surface area contributed by atoms with E-state index in [1.807, 2.05) is 6.07 Å². The minimum atomic E-state index is 0.809. The molecule has 5 aromatic rings. The maximum atomic E-state index is 4.74. The Morgan fingerprint density at radius 3 is 2.89 bits per heavy atom. The van der Waals surface area contributed by atoms with E-state index in [4.69, 9.17) is 4.98 Å². The zero-order chi connectivity index (χ0) is 12.4. The monoisotopic (exact) mass is 243 g/mol. The molecular weight excluding hydrogens is 234 g/mol. The summed E-state index contributed by atoms with van der Waals surface area (Å²) >= 11 is 0. The molecule has 5 heterocycles. The third-order valence-electron chi connectivity index (χ3n) is 3.78. The Morgan fingerprint density at radius 2 is 1.89 bits per heavy atom. The topological polar surface area (TPSA) is 30.2 Å². The molecule has 0 saturated carbocycles. The quantitative estimate of drug-likeness (QED) is 0.416. The summed E-state index contributed by atoms with van der Waals surface area (Å²) in [5, 5.41) is 2.28. The summed E-state index contributed by atoms with van der Waals surface area (Å²) in [5.41, 5.74) is 5.43. The number of hydrogen-bond acceptors (Lipinski definition) is 2. The lowest BCUT2D eigenvalue weighted by Gasteiger charge is -1.97. The van der Waals surface area contributed by atoms with Crippen molar-refractivity contribution in [1.82, 2.24) is 14.4 Å². The first-order chi connectivity index (χ1) is 9.42. The van der Waals surface area contributed by atoms with E-state index in [0.717, 1.165) is 22.1 Å². The van der Waals surface area contributed by atoms with Gasteiger partial charge >= 0.3 is 0 Å². The van der Waals surface area contributed by atoms with Crippen molar-refractivity contribution < 1.29 is 0 Å². The van der Waals surface area contributed by atoms with Crippen LogP contribution in [0.4, 0.5) is 0 Å². The van der Waals surface area contributed by atoms with E-state index in [-0.39, 0.29) is 0 Å². The highest BCUT2D eigenvalue weighted by Crippen LogP contribution is 2.31. The predicted octanol–water partition coefficient (Wildman–Crippen LogP) is 3.63. The first-order valence-corrected chi connectivity index (χ1v) is 6.29. The van der Waals surface area contributed by atoms with Gasteiger partial charge in [-0.3, -0.25) is 0 Å². The van der Waals surface area contributed by atoms with Gasteiger partial charge in [-0.05, 0) is 42.5 Å². The van der Waals surface area contributed by atoms with Crippen molar-refractivity contribution >= 4 is 38.5 Å². The minimum Gasteiger partial charge on any atom is -0.308 e. The van der Waals surface area contributed by atoms with Crippen LogP contribution < -0.4 is 0 Å². The molecule has 3 nitrogen and oxygen atoms in total. The Bertz CT molecular complexity index is 1020. The molecule has 5 rings (SSSR count). The van der Waals surface area contributed by atoms with Gasteiger partial charge in [0.2, 0.25) is 0 Å². The lowest BCUT2D eigenvalue weighted by molar-refractivity contribution is 1.32. The summed E-state index contributed by atoms with van der Waals surface area (Å²) < 4.78 is 2.26. The molecule has 3 heteroatoms. The maximum Gasteiger partial charge on any atom is 0.159 e. The van der Waals surface area contributed by atoms with Gasteiger partial charge in [0.25, 0.3) is 0 Å². The second-order valence-electron chi connectivity index (χ2n) is 4.82. The average Bonchev–Trinajstić information content (AvgIpc) is 3.02. The van der Waals surface area contributed by atoms with Gasteiger partial charge in [0.05, 0.1) is 16.6 Å². The molecule has 5 aromatic heterocycles. The highest BCUT2D eigenvalue weighted by Gasteiger charge is 2.13. The zero-order valence-electron chi connectivity index (χ0n) is 10.0. The summed E-state index contributed by atoms with van der Waals surface area (Å²) in [7, 11) is 0. The van der Waals surface area contributed by atoms with Gasteiger partial charge in [-0.25, -0.2) is 9.97 Å². The fourth-order valence-corrected chi connectivity index (χ4v) is 2.95. The molecule has 0 saturated heterocycles. The summed E-state index contributed by atoms with van der Waals surface area (Å²) in [6.07, 6.45) is 1.79. The summed E-state index contributed by atoms with van der Waals surface area (Å²) in [6, 6.07) is 16.8. The van der Waals surface area contributed by atoms with E-state index in [0.29, 0.717) is 0 Å². The second kappa shape index (κ2) is 3.01. The van der Waals surface area contributed by atoms with Gasteiger partial charge in [0.1, 0.15) is 0 Å². The van der Waals surface area contributed by atoms with Crippen LogP contribution in [0.2, 0.25) is 0 Å². The number of rotatable bonds is 0. The van der Waals surface area contributed by atoms with Gasteiger partial charge in [-0.1, -0.05) is 6.07 Å². The molecule has 0 bridgehead atoms. The lowest BCUT2D eigenvalue weighted by atomic mass is 10.2. The average molecular weight is 243 g/mol. The van der Waals surface area contributed by atoms with Crippen molar-refractivity contribution in [3.63, 3.8) is 0 Å². The molecule has 0 amide bonds. The van der Waals surface area contributed by atoms with Crippen molar-refractivity contribution in [3.05, 3.63) is 54.7 Å². The van der Waals surface area contributed by atoms with Crippen molar-refractivity contribution in [2.45, 2.75) is 0 Å². The predicted molar refractivity (Wildman–Crippen MR) is 76.7 cm³/mol. The molecule has 19 heavy (non-hydrogen) atoms. The van der Waals surface area contributed by atoms with Crippen LogP contribution in [0.5, 0.6) is 0 Å². The van der Waals surface area contributed by atoms with Crippen LogP contribution in [-0.2, 0) is 0 Å². The van der Waals surface area contributed by atoms with Gasteiger partial charge in [0, 0.05) is 22.5 Å². The van der Waals surface area contributed by atoms with Crippen LogP contribution in [0.3, 0.4) is 0 Å². The number of fused-ring (bicyclic) bond motifs is 4. The molecule has 0 fully saturated rings. The number of pyridine rings is 3. The normalized spacial score (nSPS) is 12.2. The highest BCUT2D eigenvalue weighted by molar-refractivity contribution is 6.11. The van der Waals surface area contributed by atoms with Gasteiger partial charge in [-0.15, -0.1) is 0 Å². The molecule has 0 unspecified atom stereocenters. The van der Waals surface area contributed by atoms with E-state index in [9.17, 15) is 0 Å². The van der Waals surface area contributed by atoms with Crippen molar-refractivity contribution in [2.75, 3.05) is 0 Å². The molecule has 0 aliphatic rings. The van der Waals surface area contributed by atoms with Crippen molar-refractivity contribution in [1.29, 1.82) is 0 Å². The Labute approximate surface area is 108 Å². The number of hydrogen-bond donors (Lipinski definition) is 0. The Morgan fingerprint density at radius 1 is 0.895 bits per heavy atom. The third kappa shape index (κ3) is 1.03. The molecule has 0 radical (unpaired) electrons. The third-order valence-corrected chi connectivity index (χ3v) is 3.78. The maximum absolute atomic E-state index is 4.74. The van der Waals surface area contributed by atoms with Crippen molar-refractivity contribution in [2.24, 2.45) is 0 Å². The lowest BCUT2D eigenvalue weighted by Crippen LogP contribution is -1.83. The number of aromatic nitrogens is 3. The van der Waals surface area contributed by atoms with Crippen LogP contribution in [0, 0.1) is 0 Å². The highest BCUT2D eigenvalue weighted by atomic mass is 14.9. The largest absolute Gasteiger partial charge is 0.308 e. The fraction of sp³-hybridized carbons (Fsp3) is 0. The van der Waals surface area contributed by atoms with Crippen molar-refractivity contribution in [3.8, 4) is 0 Å². The van der Waals surface area contributed by atoms with E-state index in [1.54, 1.807) is 6.20 Å². The van der Waals surface area contributed by atoms with Crippen LogP contribution >= 0.6 is 0 Å². The number of nitrogens with zero attached hydrogens (tertiary/aromatic N) is 3. The molecule has 0 aliphatic heterocycles. The Balaban J connectivity index is 2.18. The first-order valence-electron chi connectivity index (χ1n) is 6.29. The summed E-state index contributed by atoms with van der Waals surface area (Å²) in [4.78, 5) is 9.09. The van der Waals surface area contributed by atoms with Crippen LogP contribution in [0.1, 0.15) is 0 Å². The second-order valence-corrected chi connectivity index (χ2v) is 4.82. The standard InChI is InChI=1S/C16H9N3/c1-4-11-6-7-13-12-9-10-3-2-8-17-16(10)18-15(12)14(5-1)19(11)13/h1-9H. The zero-order valence-corrected chi connectivity index (χ0v) is 10.0. The smallest absolute Gasteiger partial charge is 0.159 e. The molecule has 88 valence electrons. The van der Waals surface area contributed by atoms with Gasteiger partial charge in [-0.2, -0.15) is 0 Å². The van der Waals surface area contributed by atoms with E-state index >= 15 is 0 Å². The Hall–Kier alpha value is -2.68. The van der Waals surface area contributed by atoms with Gasteiger partial charge < -0.3 is 4.40 Å². The fourth-order valence-electron chi connectivity index (χ4n) is 2.95. The molecule has 0 spiro atoms. The summed E-state index contributed by atoms with van der Waals surface area (Å²) in [6.45, 7) is 0. The molecule has 0 aliphatic carbocycles. The SMILES string of the molecule is c1cnc2nc3c(cc2c1)c1ccc2cccc3n21. The van der Waals surface area contributed by atoms with Crippen LogP contribution in [-0.4, -0.2) is 14.4 Å². The molecule has 0 atom stereocenters. The van der Waals surface area contributed by atoms with Crippen LogP contribution in [0.15, 0.2) is 54.7 Å². The minimum absolute atomic E-state index is 0.809. The van der Waals surface area contributed by atoms with Crippen LogP contribution in [0.25, 0.3) is 38.5 Å². The molecular formula is C16H9N3. The summed E-state index contributed by atoms with van der Waals surface area (Å²) in [5.74, 6) is 0. The van der Waals surface area contributed by atoms with E-state index in [1.165, 1.54) is 16.4 Å². The van der Waals surface area contributed by atoms with E-state index < -0.39 is 0 Å². The van der Waals surface area contributed by atoms with Gasteiger partial charge in [0.15, 0.2) is 5.65 Å². The Kier molecular flexibility index (Phi) is 1.47.